The number of rotatable bonds is 8. The fraction of sp³-hybridized carbons (Fsp3) is 0.471. The van der Waals surface area contributed by atoms with Gasteiger partial charge in [-0.1, -0.05) is 0 Å². The number of nitrogens with one attached hydrogen (secondary N) is 3. The number of hydrogen-bond donors (Lipinski definition) is 3. The molecule has 1 aliphatic carbocycles. The Morgan fingerprint density at radius 3 is 3.08 bits per heavy atom. The topological polar surface area (TPSA) is 92.7 Å². The first-order valence-corrected chi connectivity index (χ1v) is 8.62. The van der Waals surface area contributed by atoms with Gasteiger partial charge in [-0.3, -0.25) is 4.68 Å². The van der Waals surface area contributed by atoms with Crippen LogP contribution < -0.4 is 10.6 Å². The van der Waals surface area contributed by atoms with Crippen molar-refractivity contribution in [2.45, 2.75) is 25.8 Å². The molecular weight excluding hydrogens is 318 g/mol. The molecule has 1 unspecified atom stereocenters. The van der Waals surface area contributed by atoms with Gasteiger partial charge in [-0.05, 0) is 31.7 Å². The van der Waals surface area contributed by atoms with Crippen molar-refractivity contribution in [2.24, 2.45) is 5.92 Å². The Bertz CT molecular complexity index is 852. The van der Waals surface area contributed by atoms with Crippen molar-refractivity contribution in [2.75, 3.05) is 30.9 Å². The number of ether oxygens (including phenoxy) is 1. The van der Waals surface area contributed by atoms with E-state index in [2.05, 4.69) is 37.6 Å². The lowest BCUT2D eigenvalue weighted by Gasteiger charge is -2.10. The van der Waals surface area contributed by atoms with Crippen molar-refractivity contribution in [3.63, 3.8) is 0 Å². The van der Waals surface area contributed by atoms with Crippen LogP contribution in [0.5, 0.6) is 0 Å². The van der Waals surface area contributed by atoms with Gasteiger partial charge in [-0.15, -0.1) is 0 Å². The zero-order chi connectivity index (χ0) is 17.2. The van der Waals surface area contributed by atoms with Crippen LogP contribution >= 0.6 is 0 Å². The summed E-state index contributed by atoms with van der Waals surface area (Å²) in [5.74, 6) is 2.19. The smallest absolute Gasteiger partial charge is 0.231 e. The van der Waals surface area contributed by atoms with Gasteiger partial charge in [0.05, 0.1) is 29.9 Å². The van der Waals surface area contributed by atoms with E-state index < -0.39 is 0 Å². The Labute approximate surface area is 146 Å². The summed E-state index contributed by atoms with van der Waals surface area (Å²) in [5, 5.41) is 12.1. The van der Waals surface area contributed by atoms with E-state index in [-0.39, 0.29) is 6.04 Å². The molecule has 8 heteroatoms. The van der Waals surface area contributed by atoms with E-state index in [1.54, 1.807) is 13.3 Å². The molecule has 3 aromatic rings. The largest absolute Gasteiger partial charge is 0.382 e. The molecule has 0 aliphatic heterocycles. The molecule has 132 valence electrons. The van der Waals surface area contributed by atoms with Crippen LogP contribution in [0.3, 0.4) is 0 Å². The highest BCUT2D eigenvalue weighted by Crippen LogP contribution is 2.30. The number of nitrogens with zero attached hydrogens (tertiary/aromatic N) is 4. The number of H-pyrrole nitrogens is 1. The zero-order valence-electron chi connectivity index (χ0n) is 14.5. The fourth-order valence-corrected chi connectivity index (χ4v) is 2.79. The predicted molar refractivity (Wildman–Crippen MR) is 97.2 cm³/mol. The van der Waals surface area contributed by atoms with Crippen molar-refractivity contribution in [1.82, 2.24) is 24.7 Å². The van der Waals surface area contributed by atoms with Crippen molar-refractivity contribution in [1.29, 1.82) is 0 Å². The van der Waals surface area contributed by atoms with Crippen LogP contribution in [0.15, 0.2) is 24.7 Å². The molecule has 4 rings (SSSR count). The van der Waals surface area contributed by atoms with Gasteiger partial charge < -0.3 is 20.4 Å². The summed E-state index contributed by atoms with van der Waals surface area (Å²) >= 11 is 0. The van der Waals surface area contributed by atoms with Gasteiger partial charge >= 0.3 is 0 Å². The quantitative estimate of drug-likeness (QED) is 0.583. The van der Waals surface area contributed by atoms with Gasteiger partial charge in [0, 0.05) is 26.0 Å². The summed E-state index contributed by atoms with van der Waals surface area (Å²) < 4.78 is 7.04. The zero-order valence-corrected chi connectivity index (χ0v) is 14.5. The van der Waals surface area contributed by atoms with Crippen LogP contribution in [0.25, 0.3) is 11.0 Å². The Kier molecular flexibility index (Phi) is 4.27. The van der Waals surface area contributed by atoms with Gasteiger partial charge in [-0.25, -0.2) is 0 Å². The van der Waals surface area contributed by atoms with Crippen LogP contribution in [-0.4, -0.2) is 45.0 Å². The van der Waals surface area contributed by atoms with E-state index in [1.807, 2.05) is 23.1 Å². The Morgan fingerprint density at radius 1 is 1.40 bits per heavy atom. The first kappa shape index (κ1) is 15.9. The Balaban J connectivity index is 1.54. The number of methoxy groups -OCH3 is 1. The van der Waals surface area contributed by atoms with E-state index in [9.17, 15) is 0 Å². The van der Waals surface area contributed by atoms with Crippen LogP contribution in [0, 0.1) is 5.92 Å². The summed E-state index contributed by atoms with van der Waals surface area (Å²) in [6.07, 6.45) is 8.20. The van der Waals surface area contributed by atoms with Gasteiger partial charge in [0.1, 0.15) is 11.5 Å². The minimum Gasteiger partial charge on any atom is -0.382 e. The molecule has 0 radical (unpaired) electrons. The second kappa shape index (κ2) is 6.72. The molecule has 0 amide bonds. The van der Waals surface area contributed by atoms with Gasteiger partial charge in [0.2, 0.25) is 5.95 Å². The van der Waals surface area contributed by atoms with E-state index in [1.165, 1.54) is 12.8 Å². The Hall–Kier alpha value is -2.61. The minimum absolute atomic E-state index is 0.170. The average Bonchev–Trinajstić information content (AvgIpc) is 3.10. The molecule has 0 saturated heterocycles. The van der Waals surface area contributed by atoms with Crippen LogP contribution in [-0.2, 0) is 4.74 Å². The van der Waals surface area contributed by atoms with E-state index in [4.69, 9.17) is 4.74 Å². The molecule has 25 heavy (non-hydrogen) atoms. The molecule has 3 N–H and O–H groups in total. The van der Waals surface area contributed by atoms with Gasteiger partial charge in [0.15, 0.2) is 0 Å². The summed E-state index contributed by atoms with van der Waals surface area (Å²) in [6.45, 7) is 3.63. The van der Waals surface area contributed by atoms with Crippen molar-refractivity contribution in [3.8, 4) is 0 Å². The fourth-order valence-electron chi connectivity index (χ4n) is 2.79. The van der Waals surface area contributed by atoms with Gasteiger partial charge in [-0.2, -0.15) is 15.1 Å². The molecule has 0 bridgehead atoms. The molecule has 1 atom stereocenters. The monoisotopic (exact) mass is 341 g/mol. The highest BCUT2D eigenvalue weighted by Gasteiger charge is 2.21. The summed E-state index contributed by atoms with van der Waals surface area (Å²) in [6, 6.07) is 2.17. The molecule has 0 aromatic carbocycles. The third-order valence-electron chi connectivity index (χ3n) is 4.39. The maximum atomic E-state index is 5.17. The normalized spacial score (nSPS) is 15.4. The third kappa shape index (κ3) is 3.58. The second-order valence-corrected chi connectivity index (χ2v) is 6.60. The Morgan fingerprint density at radius 2 is 2.28 bits per heavy atom. The summed E-state index contributed by atoms with van der Waals surface area (Å²) in [5.41, 5.74) is 1.66. The number of aromatic amines is 1. The number of anilines is 3. The predicted octanol–water partition coefficient (Wildman–Crippen LogP) is 2.93. The van der Waals surface area contributed by atoms with Crippen molar-refractivity contribution < 1.29 is 4.74 Å². The minimum atomic E-state index is 0.170. The first-order valence-electron chi connectivity index (χ1n) is 8.62. The van der Waals surface area contributed by atoms with Gasteiger partial charge in [0.25, 0.3) is 0 Å². The standard InChI is InChI=1S/C17H23N7O/c1-11(10-25-2)24-9-13(8-20-24)21-17-22-15-14(5-6-18-15)16(23-17)19-7-12-3-4-12/h5-6,8-9,11-12H,3-4,7,10H2,1-2H3,(H3,18,19,21,22,23). The maximum absolute atomic E-state index is 5.17. The van der Waals surface area contributed by atoms with Crippen LogP contribution in [0.4, 0.5) is 17.5 Å². The molecule has 8 nitrogen and oxygen atoms in total. The lowest BCUT2D eigenvalue weighted by Crippen LogP contribution is -2.11. The summed E-state index contributed by atoms with van der Waals surface area (Å²) in [7, 11) is 1.69. The van der Waals surface area contributed by atoms with E-state index in [0.717, 1.165) is 35.0 Å². The first-order chi connectivity index (χ1) is 12.2. The number of aromatic nitrogens is 5. The molecule has 3 aromatic heterocycles. The van der Waals surface area contributed by atoms with Crippen molar-refractivity contribution >= 4 is 28.5 Å². The maximum Gasteiger partial charge on any atom is 0.231 e. The summed E-state index contributed by atoms with van der Waals surface area (Å²) in [4.78, 5) is 12.3. The van der Waals surface area contributed by atoms with E-state index in [0.29, 0.717) is 12.6 Å². The molecule has 3 heterocycles. The average molecular weight is 341 g/mol. The molecule has 1 aliphatic rings. The highest BCUT2D eigenvalue weighted by atomic mass is 16.5. The molecule has 1 fully saturated rings. The molecular formula is C17H23N7O. The SMILES string of the molecule is COCC(C)n1cc(Nc2nc(NCC3CC3)c3cc[nH]c3n2)cn1. The lowest BCUT2D eigenvalue weighted by atomic mass is 10.3. The second-order valence-electron chi connectivity index (χ2n) is 6.60. The van der Waals surface area contributed by atoms with E-state index >= 15 is 0 Å². The lowest BCUT2D eigenvalue weighted by molar-refractivity contribution is 0.157. The molecule has 0 spiro atoms. The number of fused-ring (bicyclic) bond motifs is 1. The van der Waals surface area contributed by atoms with Crippen LogP contribution in [0.1, 0.15) is 25.8 Å². The van der Waals surface area contributed by atoms with Crippen molar-refractivity contribution in [3.05, 3.63) is 24.7 Å². The molecule has 1 saturated carbocycles. The third-order valence-corrected chi connectivity index (χ3v) is 4.39. The number of hydrogen-bond acceptors (Lipinski definition) is 6. The highest BCUT2D eigenvalue weighted by molar-refractivity contribution is 5.88. The van der Waals surface area contributed by atoms with Crippen LogP contribution in [0.2, 0.25) is 0 Å².